The summed E-state index contributed by atoms with van der Waals surface area (Å²) in [4.78, 5) is 0. The zero-order valence-corrected chi connectivity index (χ0v) is 10.3. The van der Waals surface area contributed by atoms with Crippen molar-refractivity contribution in [2.24, 2.45) is 0 Å². The number of rotatable bonds is 4. The molecular formula is C15H16O4. The molecule has 0 aliphatic heterocycles. The molecule has 2 aromatic carbocycles. The first kappa shape index (κ1) is 13.4. The Labute approximate surface area is 111 Å². The minimum atomic E-state index is -1.41. The van der Waals surface area contributed by atoms with E-state index in [9.17, 15) is 20.4 Å². The molecule has 0 aromatic heterocycles. The van der Waals surface area contributed by atoms with Crippen molar-refractivity contribution in [1.29, 1.82) is 0 Å². The lowest BCUT2D eigenvalue weighted by Gasteiger charge is -2.26. The Bertz CT molecular complexity index is 533. The Morgan fingerprint density at radius 3 is 1.74 bits per heavy atom. The van der Waals surface area contributed by atoms with E-state index < -0.39 is 12.2 Å². The molecule has 0 fully saturated rings. The zero-order chi connectivity index (χ0) is 13.9. The maximum Gasteiger partial charge on any atom is 0.117 e. The molecule has 2 rings (SSSR count). The van der Waals surface area contributed by atoms with Gasteiger partial charge >= 0.3 is 0 Å². The molecule has 4 nitrogen and oxygen atoms in total. The summed E-state index contributed by atoms with van der Waals surface area (Å²) in [5.74, 6) is 0.259. The molecule has 0 aliphatic rings. The third-order valence-electron chi connectivity index (χ3n) is 3.10. The van der Waals surface area contributed by atoms with Crippen LogP contribution < -0.4 is 0 Å². The topological polar surface area (TPSA) is 80.9 Å². The first-order valence-electron chi connectivity index (χ1n) is 5.94. The highest BCUT2D eigenvalue weighted by molar-refractivity contribution is 5.33. The van der Waals surface area contributed by atoms with Gasteiger partial charge in [-0.05, 0) is 35.4 Å². The van der Waals surface area contributed by atoms with Gasteiger partial charge in [-0.1, -0.05) is 24.3 Å². The molecule has 0 heterocycles. The number of benzene rings is 2. The van der Waals surface area contributed by atoms with Crippen LogP contribution in [0.5, 0.6) is 11.5 Å². The number of hydrogen-bond donors (Lipinski definition) is 4. The molecule has 19 heavy (non-hydrogen) atoms. The molecule has 0 amide bonds. The van der Waals surface area contributed by atoms with Crippen LogP contribution >= 0.6 is 0 Å². The molecule has 1 unspecified atom stereocenters. The van der Waals surface area contributed by atoms with Crippen LogP contribution in [0.2, 0.25) is 0 Å². The second-order valence-corrected chi connectivity index (χ2v) is 4.58. The molecule has 1 atom stereocenters. The first-order chi connectivity index (χ1) is 9.03. The summed E-state index contributed by atoms with van der Waals surface area (Å²) in [5.41, 5.74) is -0.0895. The van der Waals surface area contributed by atoms with Crippen molar-refractivity contribution >= 4 is 0 Å². The predicted molar refractivity (Wildman–Crippen MR) is 70.9 cm³/mol. The minimum Gasteiger partial charge on any atom is -0.508 e. The highest BCUT2D eigenvalue weighted by atomic mass is 16.3. The van der Waals surface area contributed by atoms with Gasteiger partial charge in [-0.3, -0.25) is 0 Å². The second-order valence-electron chi connectivity index (χ2n) is 4.58. The summed E-state index contributed by atoms with van der Waals surface area (Å²) in [5, 5.41) is 38.4. The standard InChI is InChI=1S/C15H16O4/c16-10-15(19,12-3-7-14(18)8-4-12)9-11-1-5-13(17)6-2-11/h1-8,16-19H,9-10H2. The van der Waals surface area contributed by atoms with Crippen LogP contribution in [0.3, 0.4) is 0 Å². The number of aliphatic hydroxyl groups excluding tert-OH is 1. The number of aliphatic hydroxyl groups is 2. The second kappa shape index (κ2) is 5.30. The number of phenolic OH excluding ortho intramolecular Hbond substituents is 2. The van der Waals surface area contributed by atoms with Gasteiger partial charge in [-0.25, -0.2) is 0 Å². The van der Waals surface area contributed by atoms with Crippen LogP contribution in [0.1, 0.15) is 11.1 Å². The molecule has 0 spiro atoms. The fourth-order valence-corrected chi connectivity index (χ4v) is 1.97. The number of phenols is 2. The fourth-order valence-electron chi connectivity index (χ4n) is 1.97. The van der Waals surface area contributed by atoms with Crippen LogP contribution in [0.4, 0.5) is 0 Å². The van der Waals surface area contributed by atoms with Gasteiger partial charge in [-0.15, -0.1) is 0 Å². The van der Waals surface area contributed by atoms with Crippen LogP contribution in [0.15, 0.2) is 48.5 Å². The van der Waals surface area contributed by atoms with E-state index in [1.54, 1.807) is 24.3 Å². The van der Waals surface area contributed by atoms with Crippen molar-refractivity contribution in [3.63, 3.8) is 0 Å². The normalized spacial score (nSPS) is 14.0. The third kappa shape index (κ3) is 3.05. The Kier molecular flexibility index (Phi) is 3.74. The van der Waals surface area contributed by atoms with E-state index in [2.05, 4.69) is 0 Å². The SMILES string of the molecule is OCC(O)(Cc1ccc(O)cc1)c1ccc(O)cc1. The molecular weight excluding hydrogens is 244 g/mol. The van der Waals surface area contributed by atoms with E-state index in [0.29, 0.717) is 5.56 Å². The Morgan fingerprint density at radius 1 is 0.789 bits per heavy atom. The summed E-state index contributed by atoms with van der Waals surface area (Å²) >= 11 is 0. The van der Waals surface area contributed by atoms with Crippen molar-refractivity contribution in [2.45, 2.75) is 12.0 Å². The van der Waals surface area contributed by atoms with Crippen molar-refractivity contribution in [2.75, 3.05) is 6.61 Å². The lowest BCUT2D eigenvalue weighted by molar-refractivity contribution is -0.0188. The molecule has 0 saturated heterocycles. The molecule has 4 N–H and O–H groups in total. The lowest BCUT2D eigenvalue weighted by atomic mass is 9.88. The van der Waals surface area contributed by atoms with Crippen LogP contribution in [-0.4, -0.2) is 27.0 Å². The van der Waals surface area contributed by atoms with E-state index in [1.807, 2.05) is 0 Å². The van der Waals surface area contributed by atoms with Gasteiger partial charge in [-0.2, -0.15) is 0 Å². The van der Waals surface area contributed by atoms with E-state index in [-0.39, 0.29) is 17.9 Å². The highest BCUT2D eigenvalue weighted by Gasteiger charge is 2.28. The van der Waals surface area contributed by atoms with Gasteiger partial charge in [0.05, 0.1) is 6.61 Å². The predicted octanol–water partition coefficient (Wildman–Crippen LogP) is 1.52. The third-order valence-corrected chi connectivity index (χ3v) is 3.10. The van der Waals surface area contributed by atoms with Gasteiger partial charge in [0.1, 0.15) is 17.1 Å². The van der Waals surface area contributed by atoms with E-state index in [4.69, 9.17) is 0 Å². The monoisotopic (exact) mass is 260 g/mol. The summed E-state index contributed by atoms with van der Waals surface area (Å²) in [6.07, 6.45) is 0.217. The van der Waals surface area contributed by atoms with Gasteiger partial charge < -0.3 is 20.4 Å². The average Bonchev–Trinajstić information content (AvgIpc) is 2.42. The van der Waals surface area contributed by atoms with Crippen LogP contribution in [0, 0.1) is 0 Å². The Hall–Kier alpha value is -2.04. The highest BCUT2D eigenvalue weighted by Crippen LogP contribution is 2.27. The van der Waals surface area contributed by atoms with Crippen molar-refractivity contribution in [3.8, 4) is 11.5 Å². The quantitative estimate of drug-likeness (QED) is 0.672. The molecule has 0 saturated carbocycles. The first-order valence-corrected chi connectivity index (χ1v) is 5.94. The summed E-state index contributed by atoms with van der Waals surface area (Å²) in [6, 6.07) is 12.5. The molecule has 0 bridgehead atoms. The van der Waals surface area contributed by atoms with E-state index >= 15 is 0 Å². The largest absolute Gasteiger partial charge is 0.508 e. The summed E-state index contributed by atoms with van der Waals surface area (Å²) in [6.45, 7) is -0.432. The number of aromatic hydroxyl groups is 2. The number of hydrogen-bond acceptors (Lipinski definition) is 4. The van der Waals surface area contributed by atoms with Crippen LogP contribution in [-0.2, 0) is 12.0 Å². The van der Waals surface area contributed by atoms with Gasteiger partial charge in [0, 0.05) is 6.42 Å². The Balaban J connectivity index is 2.27. The van der Waals surface area contributed by atoms with E-state index in [1.165, 1.54) is 24.3 Å². The van der Waals surface area contributed by atoms with Crippen molar-refractivity contribution in [1.82, 2.24) is 0 Å². The summed E-state index contributed by atoms with van der Waals surface area (Å²) < 4.78 is 0. The lowest BCUT2D eigenvalue weighted by Crippen LogP contribution is -2.32. The zero-order valence-electron chi connectivity index (χ0n) is 10.3. The summed E-state index contributed by atoms with van der Waals surface area (Å²) in [7, 11) is 0. The van der Waals surface area contributed by atoms with E-state index in [0.717, 1.165) is 5.56 Å². The van der Waals surface area contributed by atoms with Gasteiger partial charge in [0.15, 0.2) is 0 Å². The average molecular weight is 260 g/mol. The van der Waals surface area contributed by atoms with Gasteiger partial charge in [0.2, 0.25) is 0 Å². The molecule has 4 heteroatoms. The maximum atomic E-state index is 10.5. The van der Waals surface area contributed by atoms with Crippen molar-refractivity contribution in [3.05, 3.63) is 59.7 Å². The smallest absolute Gasteiger partial charge is 0.117 e. The maximum absolute atomic E-state index is 10.5. The minimum absolute atomic E-state index is 0.105. The Morgan fingerprint density at radius 2 is 1.26 bits per heavy atom. The molecule has 0 radical (unpaired) electrons. The van der Waals surface area contributed by atoms with Crippen molar-refractivity contribution < 1.29 is 20.4 Å². The molecule has 0 aliphatic carbocycles. The van der Waals surface area contributed by atoms with Gasteiger partial charge in [0.25, 0.3) is 0 Å². The molecule has 100 valence electrons. The fraction of sp³-hybridized carbons (Fsp3) is 0.200. The van der Waals surface area contributed by atoms with Crippen LogP contribution in [0.25, 0.3) is 0 Å². The molecule has 2 aromatic rings.